The number of rotatable bonds is 19. The van der Waals surface area contributed by atoms with Crippen LogP contribution in [0.4, 0.5) is 11.4 Å². The van der Waals surface area contributed by atoms with Gasteiger partial charge in [0.05, 0.1) is 40.5 Å². The van der Waals surface area contributed by atoms with Crippen molar-refractivity contribution >= 4 is 23.2 Å². The van der Waals surface area contributed by atoms with Crippen molar-refractivity contribution in [2.45, 2.75) is 58.5 Å². The van der Waals surface area contributed by atoms with Gasteiger partial charge in [-0.05, 0) is 117 Å². The van der Waals surface area contributed by atoms with E-state index in [-0.39, 0.29) is 37.1 Å². The highest BCUT2D eigenvalue weighted by Gasteiger charge is 2.22. The number of aryl methyl sites for hydroxylation is 2. The largest absolute Gasteiger partial charge is 0.493 e. The van der Waals surface area contributed by atoms with Gasteiger partial charge in [-0.3, -0.25) is 9.59 Å². The number of nitrogens with zero attached hydrogens (tertiary/aromatic N) is 3. The number of carbonyl (C=O) groups is 2. The fourth-order valence-electron chi connectivity index (χ4n) is 8.13. The summed E-state index contributed by atoms with van der Waals surface area (Å²) in [5.74, 6) is 2.34. The van der Waals surface area contributed by atoms with Gasteiger partial charge in [-0.1, -0.05) is 31.2 Å². The van der Waals surface area contributed by atoms with Crippen LogP contribution in [0.15, 0.2) is 72.8 Å². The Morgan fingerprint density at radius 1 is 0.594 bits per heavy atom. The second kappa shape index (κ2) is 25.1. The Hall–Kier alpha value is -5.54. The van der Waals surface area contributed by atoms with Crippen LogP contribution in [-0.2, 0) is 12.8 Å². The zero-order valence-corrected chi connectivity index (χ0v) is 38.9. The first-order valence-corrected chi connectivity index (χ1v) is 22.5. The molecule has 0 saturated carbocycles. The second-order valence-corrected chi connectivity index (χ2v) is 16.1. The molecule has 6 rings (SSSR count). The van der Waals surface area contributed by atoms with E-state index in [0.29, 0.717) is 59.8 Å². The lowest BCUT2D eigenvalue weighted by molar-refractivity contribution is 0.0930. The van der Waals surface area contributed by atoms with Crippen molar-refractivity contribution < 1.29 is 38.7 Å². The summed E-state index contributed by atoms with van der Waals surface area (Å²) in [7, 11) is 6.40. The van der Waals surface area contributed by atoms with Crippen LogP contribution in [0.5, 0.6) is 23.0 Å². The molecule has 2 aliphatic heterocycles. The van der Waals surface area contributed by atoms with E-state index in [1.54, 1.807) is 28.4 Å². The standard InChI is InChI=1S/C26H37N3O4.C24H33N3O4/c1-5-28-12-14-29(15-13-28)22-10-8-20(7-6-16-30)23(18-22)26(31)27-19(2)21-9-11-24(32-3)25(17-21)33-4;1-17(19-7-9-22(30-2)23(15-19)31-3)26-24(29)21-16-20(27-12-10-25-11-13-27)8-6-18(21)5-4-14-28/h8-11,17-19,30H,5-7,12-16H2,1-4H3,(H,27,31);6-9,15-17,25,28H,4-5,10-14H2,1-3H3,(H,26,29). The predicted octanol–water partition coefficient (Wildman–Crippen LogP) is 5.79. The number of anilines is 2. The molecule has 2 fully saturated rings. The Bertz CT molecular complexity index is 2100. The Kier molecular flexibility index (Phi) is 19.4. The molecule has 2 amide bonds. The van der Waals surface area contributed by atoms with E-state index in [0.717, 1.165) is 92.5 Å². The van der Waals surface area contributed by atoms with Gasteiger partial charge in [0, 0.05) is 88.1 Å². The third-order valence-electron chi connectivity index (χ3n) is 12.1. The molecule has 2 heterocycles. The number of nitrogens with one attached hydrogen (secondary N) is 3. The molecule has 5 N–H and O–H groups in total. The highest BCUT2D eigenvalue weighted by Crippen LogP contribution is 2.32. The van der Waals surface area contributed by atoms with Crippen LogP contribution in [-0.4, -0.2) is 127 Å². The number of hydrogen-bond acceptors (Lipinski definition) is 12. The Labute approximate surface area is 379 Å². The van der Waals surface area contributed by atoms with Crippen LogP contribution in [0.2, 0.25) is 0 Å². The molecule has 2 saturated heterocycles. The minimum atomic E-state index is -0.209. The summed E-state index contributed by atoms with van der Waals surface area (Å²) in [6.45, 7) is 15.0. The fraction of sp³-hybridized carbons (Fsp3) is 0.480. The van der Waals surface area contributed by atoms with Gasteiger partial charge in [-0.25, -0.2) is 0 Å². The van der Waals surface area contributed by atoms with Gasteiger partial charge in [0.1, 0.15) is 0 Å². The Morgan fingerprint density at radius 2 is 1.02 bits per heavy atom. The van der Waals surface area contributed by atoms with E-state index in [9.17, 15) is 19.8 Å². The molecule has 0 aromatic heterocycles. The average molecular weight is 883 g/mol. The molecule has 4 aromatic carbocycles. The predicted molar refractivity (Wildman–Crippen MR) is 254 cm³/mol. The second-order valence-electron chi connectivity index (χ2n) is 16.1. The third kappa shape index (κ3) is 13.3. The normalized spacial score (nSPS) is 15.0. The van der Waals surface area contributed by atoms with E-state index in [4.69, 9.17) is 18.9 Å². The van der Waals surface area contributed by atoms with E-state index in [1.165, 1.54) is 0 Å². The van der Waals surface area contributed by atoms with Crippen molar-refractivity contribution in [2.24, 2.45) is 0 Å². The Balaban J connectivity index is 0.000000241. The number of carbonyl (C=O) groups excluding carboxylic acids is 2. The molecule has 2 atom stereocenters. The van der Waals surface area contributed by atoms with Crippen molar-refractivity contribution in [2.75, 3.05) is 110 Å². The van der Waals surface area contributed by atoms with Crippen LogP contribution in [0, 0.1) is 0 Å². The van der Waals surface area contributed by atoms with Crippen molar-refractivity contribution in [3.63, 3.8) is 0 Å². The van der Waals surface area contributed by atoms with Gasteiger partial charge in [-0.2, -0.15) is 0 Å². The maximum Gasteiger partial charge on any atom is 0.252 e. The average Bonchev–Trinajstić information content (AvgIpc) is 3.34. The number of aliphatic hydroxyl groups excluding tert-OH is 2. The third-order valence-corrected chi connectivity index (χ3v) is 12.1. The van der Waals surface area contributed by atoms with Crippen LogP contribution in [0.3, 0.4) is 0 Å². The highest BCUT2D eigenvalue weighted by molar-refractivity contribution is 5.97. The van der Waals surface area contributed by atoms with Crippen LogP contribution in [0.25, 0.3) is 0 Å². The van der Waals surface area contributed by atoms with Crippen molar-refractivity contribution in [3.05, 3.63) is 106 Å². The molecule has 2 aliphatic rings. The van der Waals surface area contributed by atoms with Crippen LogP contribution in [0.1, 0.15) is 88.7 Å². The maximum atomic E-state index is 13.4. The monoisotopic (exact) mass is 883 g/mol. The summed E-state index contributed by atoms with van der Waals surface area (Å²) in [5.41, 5.74) is 7.23. The topological polar surface area (TPSA) is 157 Å². The molecule has 0 bridgehead atoms. The molecule has 64 heavy (non-hydrogen) atoms. The number of benzene rings is 4. The van der Waals surface area contributed by atoms with Gasteiger partial charge >= 0.3 is 0 Å². The number of aliphatic hydroxyl groups is 2. The van der Waals surface area contributed by atoms with Gasteiger partial charge < -0.3 is 59.8 Å². The Morgan fingerprint density at radius 3 is 1.41 bits per heavy atom. The van der Waals surface area contributed by atoms with E-state index >= 15 is 0 Å². The first-order valence-electron chi connectivity index (χ1n) is 22.5. The van der Waals surface area contributed by atoms with E-state index in [1.807, 2.05) is 74.5 Å². The van der Waals surface area contributed by atoms with Gasteiger partial charge in [0.25, 0.3) is 11.8 Å². The number of piperazine rings is 2. The SMILES string of the molecule is CCN1CCN(c2ccc(CCCO)c(C(=O)NC(C)c3ccc(OC)c(OC)c3)c2)CC1.COc1ccc(C(C)NC(=O)c2cc(N3CCNCC3)ccc2CCCO)cc1OC. The smallest absolute Gasteiger partial charge is 0.252 e. The van der Waals surface area contributed by atoms with Gasteiger partial charge in [-0.15, -0.1) is 0 Å². The molecule has 4 aromatic rings. The van der Waals surface area contributed by atoms with E-state index in [2.05, 4.69) is 49.7 Å². The highest BCUT2D eigenvalue weighted by atomic mass is 16.5. The molecule has 0 spiro atoms. The summed E-state index contributed by atoms with van der Waals surface area (Å²) >= 11 is 0. The number of likely N-dealkylation sites (N-methyl/N-ethyl adjacent to an activating group) is 1. The van der Waals surface area contributed by atoms with Crippen LogP contribution < -0.4 is 44.7 Å². The number of methoxy groups -OCH3 is 4. The molecule has 14 heteroatoms. The molecule has 348 valence electrons. The number of hydrogen-bond donors (Lipinski definition) is 5. The van der Waals surface area contributed by atoms with Crippen molar-refractivity contribution in [1.82, 2.24) is 20.9 Å². The lowest BCUT2D eigenvalue weighted by Gasteiger charge is -2.35. The quantitative estimate of drug-likeness (QED) is 0.0774. The van der Waals surface area contributed by atoms with Crippen LogP contribution >= 0.6 is 0 Å². The molecule has 14 nitrogen and oxygen atoms in total. The first kappa shape index (κ1) is 49.5. The van der Waals surface area contributed by atoms with E-state index < -0.39 is 0 Å². The summed E-state index contributed by atoms with van der Waals surface area (Å²) in [6, 6.07) is 23.1. The minimum absolute atomic E-state index is 0.0999. The minimum Gasteiger partial charge on any atom is -0.493 e. The van der Waals surface area contributed by atoms with Gasteiger partial charge in [0.15, 0.2) is 23.0 Å². The summed E-state index contributed by atoms with van der Waals surface area (Å²) in [6.07, 6.45) is 2.57. The molecule has 2 unspecified atom stereocenters. The molecular formula is C50H70N6O8. The zero-order chi connectivity index (χ0) is 46.0. The number of amides is 2. The molecular weight excluding hydrogens is 813 g/mol. The number of ether oxygens (including phenoxy) is 4. The lowest BCUT2D eigenvalue weighted by Crippen LogP contribution is -2.46. The van der Waals surface area contributed by atoms with Crippen molar-refractivity contribution in [3.8, 4) is 23.0 Å². The first-order chi connectivity index (χ1) is 31.1. The maximum absolute atomic E-state index is 13.4. The zero-order valence-electron chi connectivity index (χ0n) is 38.9. The fourth-order valence-corrected chi connectivity index (χ4v) is 8.13. The molecule has 0 aliphatic carbocycles. The summed E-state index contributed by atoms with van der Waals surface area (Å²) < 4.78 is 21.4. The van der Waals surface area contributed by atoms with Gasteiger partial charge in [0.2, 0.25) is 0 Å². The lowest BCUT2D eigenvalue weighted by atomic mass is 9.99. The molecule has 0 radical (unpaired) electrons. The summed E-state index contributed by atoms with van der Waals surface area (Å²) in [5, 5.41) is 28.2. The van der Waals surface area contributed by atoms with Crippen molar-refractivity contribution in [1.29, 1.82) is 0 Å². The summed E-state index contributed by atoms with van der Waals surface area (Å²) in [4.78, 5) is 33.7.